The number of nitrogens with one attached hydrogen (secondary N) is 1. The Balaban J connectivity index is 1.65. The molecule has 1 atom stereocenters. The van der Waals surface area contributed by atoms with Crippen LogP contribution in [-0.4, -0.2) is 41.0 Å². The second-order valence-corrected chi connectivity index (χ2v) is 6.45. The van der Waals surface area contributed by atoms with Gasteiger partial charge >= 0.3 is 5.97 Å². The summed E-state index contributed by atoms with van der Waals surface area (Å²) >= 11 is 0. The molecule has 1 aliphatic heterocycles. The first-order chi connectivity index (χ1) is 12.5. The van der Waals surface area contributed by atoms with Gasteiger partial charge in [-0.2, -0.15) is 5.10 Å². The van der Waals surface area contributed by atoms with E-state index in [1.54, 1.807) is 4.68 Å². The summed E-state index contributed by atoms with van der Waals surface area (Å²) in [6.07, 6.45) is 0.931. The number of aromatic nitrogens is 2. The molecule has 0 spiro atoms. The molecule has 0 unspecified atom stereocenters. The minimum atomic E-state index is -0.546. The predicted octanol–water partition coefficient (Wildman–Crippen LogP) is 2.46. The third-order valence-electron chi connectivity index (χ3n) is 4.37. The van der Waals surface area contributed by atoms with Crippen LogP contribution in [0.25, 0.3) is 5.69 Å². The predicted molar refractivity (Wildman–Crippen MR) is 96.3 cm³/mol. The molecule has 2 heterocycles. The Bertz CT molecular complexity index is 805. The molecule has 0 bridgehead atoms. The number of hydrogen-bond acceptors (Lipinski definition) is 5. The van der Waals surface area contributed by atoms with Crippen molar-refractivity contribution in [3.63, 3.8) is 0 Å². The summed E-state index contributed by atoms with van der Waals surface area (Å²) in [5, 5.41) is 7.28. The van der Waals surface area contributed by atoms with Gasteiger partial charge in [0.2, 0.25) is 0 Å². The second-order valence-electron chi connectivity index (χ2n) is 6.45. The number of ether oxygens (including phenoxy) is 2. The summed E-state index contributed by atoms with van der Waals surface area (Å²) in [4.78, 5) is 24.0. The topological polar surface area (TPSA) is 82.5 Å². The summed E-state index contributed by atoms with van der Waals surface area (Å²) in [5.41, 5.74) is 4.22. The highest BCUT2D eigenvalue weighted by atomic mass is 16.6. The van der Waals surface area contributed by atoms with Crippen molar-refractivity contribution in [3.05, 3.63) is 41.2 Å². The molecule has 0 aliphatic carbocycles. The zero-order valence-electron chi connectivity index (χ0n) is 15.2. The monoisotopic (exact) mass is 357 g/mol. The van der Waals surface area contributed by atoms with E-state index in [-0.39, 0.29) is 6.61 Å². The molecule has 138 valence electrons. The number of carbonyl (C=O) groups excluding carboxylic acids is 2. The van der Waals surface area contributed by atoms with Crippen molar-refractivity contribution >= 4 is 17.6 Å². The molecule has 1 aromatic heterocycles. The molecule has 1 aliphatic rings. The van der Waals surface area contributed by atoms with Crippen LogP contribution in [0.15, 0.2) is 24.3 Å². The molecule has 1 fully saturated rings. The van der Waals surface area contributed by atoms with Crippen LogP contribution < -0.4 is 5.32 Å². The molecule has 26 heavy (non-hydrogen) atoms. The van der Waals surface area contributed by atoms with Crippen molar-refractivity contribution in [2.45, 2.75) is 39.7 Å². The van der Waals surface area contributed by atoms with E-state index in [1.807, 2.05) is 45.0 Å². The van der Waals surface area contributed by atoms with Crippen LogP contribution in [0.5, 0.6) is 0 Å². The van der Waals surface area contributed by atoms with Crippen LogP contribution in [0.4, 0.5) is 5.69 Å². The largest absolute Gasteiger partial charge is 0.454 e. The van der Waals surface area contributed by atoms with Gasteiger partial charge in [0.15, 0.2) is 12.7 Å². The number of nitrogens with zero attached hydrogens (tertiary/aromatic N) is 2. The lowest BCUT2D eigenvalue weighted by atomic mass is 10.2. The van der Waals surface area contributed by atoms with Crippen molar-refractivity contribution in [2.75, 3.05) is 18.5 Å². The summed E-state index contributed by atoms with van der Waals surface area (Å²) in [6.45, 7) is 5.95. The van der Waals surface area contributed by atoms with Crippen molar-refractivity contribution in [2.24, 2.45) is 0 Å². The number of hydrogen-bond donors (Lipinski definition) is 1. The number of aryl methyl sites for hydroxylation is 2. The number of benzene rings is 1. The highest BCUT2D eigenvalue weighted by Gasteiger charge is 2.26. The highest BCUT2D eigenvalue weighted by Crippen LogP contribution is 2.23. The normalized spacial score (nSPS) is 16.5. The van der Waals surface area contributed by atoms with Crippen LogP contribution in [0.1, 0.15) is 29.8 Å². The molecule has 3 rings (SSSR count). The fourth-order valence-corrected chi connectivity index (χ4v) is 2.93. The molecule has 1 aromatic carbocycles. The van der Waals surface area contributed by atoms with Gasteiger partial charge in [-0.25, -0.2) is 9.48 Å². The van der Waals surface area contributed by atoms with Gasteiger partial charge < -0.3 is 14.8 Å². The SMILES string of the molecule is Cc1ccc(-n2nc(C)c(NC(=O)COC(=O)[C@@H]3CCCO3)c2C)cc1. The van der Waals surface area contributed by atoms with Crippen LogP contribution in [-0.2, 0) is 19.1 Å². The van der Waals surface area contributed by atoms with Gasteiger partial charge in [0.25, 0.3) is 5.91 Å². The smallest absolute Gasteiger partial charge is 0.335 e. The first-order valence-corrected chi connectivity index (χ1v) is 8.67. The minimum absolute atomic E-state index is 0.340. The van der Waals surface area contributed by atoms with E-state index in [4.69, 9.17) is 9.47 Å². The van der Waals surface area contributed by atoms with E-state index in [9.17, 15) is 9.59 Å². The molecule has 2 aromatic rings. The summed E-state index contributed by atoms with van der Waals surface area (Å²) < 4.78 is 12.1. The third-order valence-corrected chi connectivity index (χ3v) is 4.37. The number of anilines is 1. The Labute approximate surface area is 152 Å². The van der Waals surface area contributed by atoms with E-state index >= 15 is 0 Å². The van der Waals surface area contributed by atoms with E-state index in [0.29, 0.717) is 24.4 Å². The lowest BCUT2D eigenvalue weighted by Gasteiger charge is -2.10. The average Bonchev–Trinajstić information content (AvgIpc) is 3.25. The molecule has 0 saturated carbocycles. The number of rotatable bonds is 5. The van der Waals surface area contributed by atoms with Crippen molar-refractivity contribution in [1.82, 2.24) is 9.78 Å². The van der Waals surface area contributed by atoms with Gasteiger partial charge in [-0.15, -0.1) is 0 Å². The van der Waals surface area contributed by atoms with Gasteiger partial charge in [0, 0.05) is 6.61 Å². The fraction of sp³-hybridized carbons (Fsp3) is 0.421. The lowest BCUT2D eigenvalue weighted by Crippen LogP contribution is -2.27. The zero-order chi connectivity index (χ0) is 18.7. The Hall–Kier alpha value is -2.67. The third kappa shape index (κ3) is 3.94. The molecule has 7 heteroatoms. The Kier molecular flexibility index (Phi) is 5.37. The summed E-state index contributed by atoms with van der Waals surface area (Å²) in [7, 11) is 0. The fourth-order valence-electron chi connectivity index (χ4n) is 2.93. The second kappa shape index (κ2) is 7.70. The molecule has 1 saturated heterocycles. The first-order valence-electron chi connectivity index (χ1n) is 8.67. The van der Waals surface area contributed by atoms with Crippen LogP contribution in [0, 0.1) is 20.8 Å². The molecule has 7 nitrogen and oxygen atoms in total. The Morgan fingerprint density at radius 2 is 2.00 bits per heavy atom. The Morgan fingerprint density at radius 1 is 1.27 bits per heavy atom. The van der Waals surface area contributed by atoms with Crippen molar-refractivity contribution < 1.29 is 19.1 Å². The summed E-state index contributed by atoms with van der Waals surface area (Å²) in [6, 6.07) is 7.97. The number of amides is 1. The van der Waals surface area contributed by atoms with Crippen molar-refractivity contribution in [3.8, 4) is 5.69 Å². The standard InChI is InChI=1S/C19H23N3O4/c1-12-6-8-15(9-7-12)22-14(3)18(13(2)21-22)20-17(23)11-26-19(24)16-5-4-10-25-16/h6-9,16H,4-5,10-11H2,1-3H3,(H,20,23)/t16-/m0/s1. The lowest BCUT2D eigenvalue weighted by molar-refractivity contribution is -0.156. The summed E-state index contributed by atoms with van der Waals surface area (Å²) in [5.74, 6) is -0.882. The van der Waals surface area contributed by atoms with Crippen molar-refractivity contribution in [1.29, 1.82) is 0 Å². The van der Waals surface area contributed by atoms with Gasteiger partial charge in [-0.1, -0.05) is 17.7 Å². The van der Waals surface area contributed by atoms with E-state index in [1.165, 1.54) is 0 Å². The zero-order valence-corrected chi connectivity index (χ0v) is 15.2. The van der Waals surface area contributed by atoms with E-state index in [0.717, 1.165) is 23.4 Å². The molecular formula is C19H23N3O4. The van der Waals surface area contributed by atoms with Gasteiger partial charge in [0.1, 0.15) is 0 Å². The maximum Gasteiger partial charge on any atom is 0.335 e. The first kappa shape index (κ1) is 18.1. The minimum Gasteiger partial charge on any atom is -0.454 e. The van der Waals surface area contributed by atoms with Gasteiger partial charge in [-0.05, 0) is 45.7 Å². The van der Waals surface area contributed by atoms with Gasteiger partial charge in [0.05, 0.1) is 22.8 Å². The molecule has 0 radical (unpaired) electrons. The maximum absolute atomic E-state index is 12.2. The van der Waals surface area contributed by atoms with Crippen LogP contribution >= 0.6 is 0 Å². The quantitative estimate of drug-likeness (QED) is 0.831. The number of carbonyl (C=O) groups is 2. The van der Waals surface area contributed by atoms with Crippen LogP contribution in [0.2, 0.25) is 0 Å². The molecule has 1 amide bonds. The van der Waals surface area contributed by atoms with Gasteiger partial charge in [-0.3, -0.25) is 4.79 Å². The van der Waals surface area contributed by atoms with E-state index < -0.39 is 18.0 Å². The molecular weight excluding hydrogens is 334 g/mol. The maximum atomic E-state index is 12.2. The average molecular weight is 357 g/mol. The number of esters is 1. The Morgan fingerprint density at radius 3 is 2.65 bits per heavy atom. The molecule has 1 N–H and O–H groups in total. The van der Waals surface area contributed by atoms with E-state index in [2.05, 4.69) is 10.4 Å². The van der Waals surface area contributed by atoms with Crippen LogP contribution in [0.3, 0.4) is 0 Å². The highest BCUT2D eigenvalue weighted by molar-refractivity contribution is 5.94.